The van der Waals surface area contributed by atoms with E-state index in [9.17, 15) is 0 Å². The van der Waals surface area contributed by atoms with Crippen molar-refractivity contribution in [2.45, 2.75) is 0 Å². The van der Waals surface area contributed by atoms with E-state index in [0.717, 1.165) is 0 Å². The van der Waals surface area contributed by atoms with Crippen LogP contribution in [0.25, 0.3) is 0 Å². The van der Waals surface area contributed by atoms with Crippen LogP contribution in [0.3, 0.4) is 0 Å². The van der Waals surface area contributed by atoms with Crippen molar-refractivity contribution in [1.29, 1.82) is 0 Å². The Morgan fingerprint density at radius 3 is 2.50 bits per heavy atom. The molecule has 1 N–H and O–H groups in total. The fraction of sp³-hybridized carbons (Fsp3) is 0. The summed E-state index contributed by atoms with van der Waals surface area (Å²) in [7, 11) is 0. The molecule has 0 saturated heterocycles. The molecule has 1 aromatic heterocycles. The third-order valence-corrected chi connectivity index (χ3v) is 0.406. The third kappa shape index (κ3) is 1.30. The zero-order valence-corrected chi connectivity index (χ0v) is 2.68. The largest absolute Gasteiger partial charge is 0.351 e. The van der Waals surface area contributed by atoms with E-state index in [-0.39, 0.29) is 18.9 Å². The van der Waals surface area contributed by atoms with E-state index >= 15 is 0 Å². The van der Waals surface area contributed by atoms with Crippen LogP contribution in [-0.4, -0.2) is 28.8 Å². The van der Waals surface area contributed by atoms with E-state index in [2.05, 4.69) is 9.97 Å². The van der Waals surface area contributed by atoms with Gasteiger partial charge in [-0.25, -0.2) is 4.98 Å². The van der Waals surface area contributed by atoms with E-state index in [1.807, 2.05) is 0 Å². The van der Waals surface area contributed by atoms with Crippen LogP contribution in [0.2, 0.25) is 0 Å². The van der Waals surface area contributed by atoms with Gasteiger partial charge in [0.25, 0.3) is 0 Å². The minimum absolute atomic E-state index is 0. The zero-order chi connectivity index (χ0) is 3.54. The predicted molar refractivity (Wildman–Crippen MR) is 25.7 cm³/mol. The number of H-pyrrole nitrogens is 1. The molecule has 0 spiro atoms. The SMILES string of the molecule is [LiH].c1c[nH]cn1. The topological polar surface area (TPSA) is 28.7 Å². The fourth-order valence-electron chi connectivity index (χ4n) is 0.215. The van der Waals surface area contributed by atoms with Crippen molar-refractivity contribution in [3.05, 3.63) is 18.7 Å². The third-order valence-electron chi connectivity index (χ3n) is 0.406. The molecule has 0 aromatic carbocycles. The maximum absolute atomic E-state index is 3.67. The maximum atomic E-state index is 3.67. The quantitative estimate of drug-likeness (QED) is 0.424. The molecular formula is C3H5LiN2. The van der Waals surface area contributed by atoms with Gasteiger partial charge in [-0.2, -0.15) is 0 Å². The number of aromatic amines is 1. The average molecular weight is 76.0 g/mol. The second-order valence-electron chi connectivity index (χ2n) is 0.761. The van der Waals surface area contributed by atoms with Crippen LogP contribution >= 0.6 is 0 Å². The van der Waals surface area contributed by atoms with Gasteiger partial charge in [-0.15, -0.1) is 0 Å². The van der Waals surface area contributed by atoms with Gasteiger partial charge in [-0.3, -0.25) is 0 Å². The number of hydrogen-bond donors (Lipinski definition) is 1. The molecule has 0 fully saturated rings. The van der Waals surface area contributed by atoms with E-state index < -0.39 is 0 Å². The first-order valence-corrected chi connectivity index (χ1v) is 1.43. The first-order chi connectivity index (χ1) is 2.50. The van der Waals surface area contributed by atoms with E-state index in [4.69, 9.17) is 0 Å². The van der Waals surface area contributed by atoms with Gasteiger partial charge < -0.3 is 4.98 Å². The Labute approximate surface area is 48.2 Å². The van der Waals surface area contributed by atoms with Crippen molar-refractivity contribution in [3.63, 3.8) is 0 Å². The molecule has 1 aromatic rings. The Bertz CT molecular complexity index is 65.3. The molecule has 1 heterocycles. The van der Waals surface area contributed by atoms with Crippen molar-refractivity contribution >= 4 is 18.9 Å². The summed E-state index contributed by atoms with van der Waals surface area (Å²) in [5.74, 6) is 0. The second-order valence-corrected chi connectivity index (χ2v) is 0.761. The minimum Gasteiger partial charge on any atom is -0.351 e. The van der Waals surface area contributed by atoms with Crippen molar-refractivity contribution in [2.24, 2.45) is 0 Å². The summed E-state index contributed by atoms with van der Waals surface area (Å²) < 4.78 is 0. The number of nitrogens with one attached hydrogen (secondary N) is 1. The molecule has 1 rings (SSSR count). The van der Waals surface area contributed by atoms with Gasteiger partial charge in [0.15, 0.2) is 0 Å². The van der Waals surface area contributed by atoms with E-state index in [1.165, 1.54) is 0 Å². The Morgan fingerprint density at radius 2 is 2.33 bits per heavy atom. The molecule has 0 bridgehead atoms. The number of nitrogens with zero attached hydrogens (tertiary/aromatic N) is 1. The van der Waals surface area contributed by atoms with Crippen LogP contribution < -0.4 is 0 Å². The van der Waals surface area contributed by atoms with Crippen LogP contribution in [0.15, 0.2) is 18.7 Å². The normalized spacial score (nSPS) is 6.67. The molecular weight excluding hydrogens is 71.0 g/mol. The van der Waals surface area contributed by atoms with Gasteiger partial charge in [-0.1, -0.05) is 0 Å². The molecule has 0 aliphatic rings. The maximum Gasteiger partial charge on any atom is 0.0919 e. The smallest absolute Gasteiger partial charge is 0.0919 e. The number of aromatic nitrogens is 2. The number of hydrogen-bond acceptors (Lipinski definition) is 1. The minimum atomic E-state index is 0. The molecule has 0 saturated carbocycles. The van der Waals surface area contributed by atoms with Gasteiger partial charge in [0.1, 0.15) is 0 Å². The van der Waals surface area contributed by atoms with Gasteiger partial charge in [0.05, 0.1) is 6.33 Å². The Balaban J connectivity index is 0.000000250. The summed E-state index contributed by atoms with van der Waals surface area (Å²) >= 11 is 0. The van der Waals surface area contributed by atoms with Crippen LogP contribution in [0, 0.1) is 0 Å². The monoisotopic (exact) mass is 76.1 g/mol. The zero-order valence-electron chi connectivity index (χ0n) is 2.68. The Kier molecular flexibility index (Phi) is 2.92. The van der Waals surface area contributed by atoms with Crippen LogP contribution in [-0.2, 0) is 0 Å². The molecule has 0 unspecified atom stereocenters. The standard InChI is InChI=1S/C3H4N2.Li.H/c1-2-5-3-4-1;;/h1-3H,(H,4,5);;. The average Bonchev–Trinajstić information content (AvgIpc) is 1.76. The molecule has 0 radical (unpaired) electrons. The van der Waals surface area contributed by atoms with Crippen molar-refractivity contribution < 1.29 is 0 Å². The molecule has 0 atom stereocenters. The summed E-state index contributed by atoms with van der Waals surface area (Å²) in [5, 5.41) is 0. The van der Waals surface area contributed by atoms with E-state index in [0.29, 0.717) is 0 Å². The first-order valence-electron chi connectivity index (χ1n) is 1.43. The van der Waals surface area contributed by atoms with Crippen LogP contribution in [0.5, 0.6) is 0 Å². The van der Waals surface area contributed by atoms with Crippen LogP contribution in [0.1, 0.15) is 0 Å². The van der Waals surface area contributed by atoms with Gasteiger partial charge >= 0.3 is 18.9 Å². The van der Waals surface area contributed by atoms with Gasteiger partial charge in [0.2, 0.25) is 0 Å². The van der Waals surface area contributed by atoms with Gasteiger partial charge in [0, 0.05) is 12.4 Å². The summed E-state index contributed by atoms with van der Waals surface area (Å²) in [5.41, 5.74) is 0. The summed E-state index contributed by atoms with van der Waals surface area (Å²) in [4.78, 5) is 6.42. The van der Waals surface area contributed by atoms with Crippen molar-refractivity contribution in [3.8, 4) is 0 Å². The van der Waals surface area contributed by atoms with E-state index in [1.54, 1.807) is 18.7 Å². The second kappa shape index (κ2) is 3.02. The summed E-state index contributed by atoms with van der Waals surface area (Å²) in [6.45, 7) is 0. The fourth-order valence-corrected chi connectivity index (χ4v) is 0.215. The molecule has 3 heteroatoms. The molecule has 0 aliphatic carbocycles. The summed E-state index contributed by atoms with van der Waals surface area (Å²) in [6.07, 6.45) is 5.08. The first kappa shape index (κ1) is 5.81. The molecule has 6 heavy (non-hydrogen) atoms. The molecule has 0 amide bonds. The Morgan fingerprint density at radius 1 is 1.50 bits per heavy atom. The molecule has 0 aliphatic heterocycles. The predicted octanol–water partition coefficient (Wildman–Crippen LogP) is -0.239. The van der Waals surface area contributed by atoms with Crippen molar-refractivity contribution in [1.82, 2.24) is 9.97 Å². The van der Waals surface area contributed by atoms with Crippen LogP contribution in [0.4, 0.5) is 0 Å². The number of rotatable bonds is 0. The molecule has 2 nitrogen and oxygen atoms in total. The molecule has 28 valence electrons. The summed E-state index contributed by atoms with van der Waals surface area (Å²) in [6, 6.07) is 0. The Hall–Kier alpha value is -0.193. The van der Waals surface area contributed by atoms with Gasteiger partial charge in [-0.05, 0) is 0 Å². The number of imidazole rings is 1. The van der Waals surface area contributed by atoms with Crippen molar-refractivity contribution in [2.75, 3.05) is 0 Å².